The SMILES string of the molecule is c1ccc(-c2ccc(-c3c4ccccc4c(-c4ccccc4-c4nc(-c5ccccc5)nc(-c5cccc6c5sc5ccccc56)n4)c4ccccc34)cc2)cc1. The van der Waals surface area contributed by atoms with Gasteiger partial charge in [0.05, 0.1) is 0 Å². The average molecular weight is 744 g/mol. The zero-order chi connectivity index (χ0) is 37.7. The second kappa shape index (κ2) is 13.8. The van der Waals surface area contributed by atoms with Gasteiger partial charge in [0, 0.05) is 36.9 Å². The van der Waals surface area contributed by atoms with Crippen molar-refractivity contribution in [3.8, 4) is 67.5 Å². The Hall–Kier alpha value is -7.27. The van der Waals surface area contributed by atoms with E-state index in [0.717, 1.165) is 27.8 Å². The van der Waals surface area contributed by atoms with Crippen LogP contribution in [0.25, 0.3) is 109 Å². The molecule has 57 heavy (non-hydrogen) atoms. The zero-order valence-corrected chi connectivity index (χ0v) is 31.6. The maximum absolute atomic E-state index is 5.35. The highest BCUT2D eigenvalue weighted by molar-refractivity contribution is 7.26. The fourth-order valence-electron chi connectivity index (χ4n) is 8.34. The van der Waals surface area contributed by atoms with Gasteiger partial charge in [-0.15, -0.1) is 11.3 Å². The number of aromatic nitrogens is 3. The lowest BCUT2D eigenvalue weighted by atomic mass is 9.84. The molecule has 0 saturated heterocycles. The van der Waals surface area contributed by atoms with Crippen LogP contribution in [0.15, 0.2) is 200 Å². The molecule has 0 aliphatic rings. The Bertz CT molecular complexity index is 3220. The Morgan fingerprint density at radius 3 is 1.37 bits per heavy atom. The van der Waals surface area contributed by atoms with Gasteiger partial charge < -0.3 is 0 Å². The predicted octanol–water partition coefficient (Wildman–Crippen LogP) is 14.5. The Labute approximate surface area is 334 Å². The Kier molecular flexibility index (Phi) is 8.01. The summed E-state index contributed by atoms with van der Waals surface area (Å²) in [6.07, 6.45) is 0. The first kappa shape index (κ1) is 33.1. The van der Waals surface area contributed by atoms with Crippen LogP contribution in [0.4, 0.5) is 0 Å². The predicted molar refractivity (Wildman–Crippen MR) is 240 cm³/mol. The third kappa shape index (κ3) is 5.69. The lowest BCUT2D eigenvalue weighted by Crippen LogP contribution is -2.01. The van der Waals surface area contributed by atoms with Crippen LogP contribution in [0.2, 0.25) is 0 Å². The zero-order valence-electron chi connectivity index (χ0n) is 30.8. The molecule has 0 aliphatic carbocycles. The van der Waals surface area contributed by atoms with Crippen molar-refractivity contribution in [2.75, 3.05) is 0 Å². The third-order valence-corrected chi connectivity index (χ3v) is 12.2. The van der Waals surface area contributed by atoms with Crippen LogP contribution >= 0.6 is 11.3 Å². The first-order valence-electron chi connectivity index (χ1n) is 19.2. The number of hydrogen-bond donors (Lipinski definition) is 0. The van der Waals surface area contributed by atoms with Crippen molar-refractivity contribution in [1.29, 1.82) is 0 Å². The molecule has 266 valence electrons. The molecule has 9 aromatic carbocycles. The number of rotatable bonds is 6. The summed E-state index contributed by atoms with van der Waals surface area (Å²) in [7, 11) is 0. The van der Waals surface area contributed by atoms with E-state index in [9.17, 15) is 0 Å². The molecular weight excluding hydrogens is 711 g/mol. The highest BCUT2D eigenvalue weighted by atomic mass is 32.1. The lowest BCUT2D eigenvalue weighted by Gasteiger charge is -2.19. The molecule has 0 fully saturated rings. The number of fused-ring (bicyclic) bond motifs is 5. The van der Waals surface area contributed by atoms with E-state index in [4.69, 9.17) is 15.0 Å². The number of benzene rings is 9. The summed E-state index contributed by atoms with van der Waals surface area (Å²) < 4.78 is 2.42. The molecule has 11 aromatic rings. The summed E-state index contributed by atoms with van der Waals surface area (Å²) in [5.41, 5.74) is 9.98. The highest BCUT2D eigenvalue weighted by Crippen LogP contribution is 2.46. The average Bonchev–Trinajstić information content (AvgIpc) is 3.68. The van der Waals surface area contributed by atoms with Crippen LogP contribution in [0.5, 0.6) is 0 Å². The number of hydrogen-bond acceptors (Lipinski definition) is 4. The topological polar surface area (TPSA) is 38.7 Å². The van der Waals surface area contributed by atoms with Crippen LogP contribution in [0.1, 0.15) is 0 Å². The minimum absolute atomic E-state index is 0.640. The summed E-state index contributed by atoms with van der Waals surface area (Å²) in [6, 6.07) is 71.0. The largest absolute Gasteiger partial charge is 0.208 e. The molecule has 0 unspecified atom stereocenters. The molecule has 2 heterocycles. The Balaban J connectivity index is 1.14. The van der Waals surface area contributed by atoms with E-state index in [2.05, 4.69) is 182 Å². The standard InChI is InChI=1S/C53H33N3S/c1-3-16-34(17-4-1)35-30-32-36(33-31-35)48-39-21-7-9-23-41(39)49(42-24-10-8-22-40(42)48)43-25-11-12-26-45(43)52-54-51(37-18-5-2-6-19-37)55-53(56-52)46-28-15-27-44-38-20-13-14-29-47(38)57-50(44)46/h1-33H. The summed E-state index contributed by atoms with van der Waals surface area (Å²) >= 11 is 1.79. The summed E-state index contributed by atoms with van der Waals surface area (Å²) in [4.78, 5) is 15.8. The summed E-state index contributed by atoms with van der Waals surface area (Å²) in [5.74, 6) is 1.95. The molecule has 0 amide bonds. The van der Waals surface area contributed by atoms with Crippen molar-refractivity contribution in [2.45, 2.75) is 0 Å². The van der Waals surface area contributed by atoms with Gasteiger partial charge in [-0.25, -0.2) is 15.0 Å². The molecule has 0 aliphatic heterocycles. The number of nitrogens with zero attached hydrogens (tertiary/aromatic N) is 3. The van der Waals surface area contributed by atoms with Crippen molar-refractivity contribution in [2.24, 2.45) is 0 Å². The minimum Gasteiger partial charge on any atom is -0.208 e. The molecule has 11 rings (SSSR count). The molecule has 3 nitrogen and oxygen atoms in total. The molecule has 0 N–H and O–H groups in total. The molecule has 0 spiro atoms. The summed E-state index contributed by atoms with van der Waals surface area (Å²) in [6.45, 7) is 0. The highest BCUT2D eigenvalue weighted by Gasteiger charge is 2.22. The maximum atomic E-state index is 5.35. The van der Waals surface area contributed by atoms with Crippen molar-refractivity contribution in [1.82, 2.24) is 15.0 Å². The Morgan fingerprint density at radius 1 is 0.263 bits per heavy atom. The fraction of sp³-hybridized carbons (Fsp3) is 0. The second-order valence-electron chi connectivity index (χ2n) is 14.3. The lowest BCUT2D eigenvalue weighted by molar-refractivity contribution is 1.08. The molecule has 4 heteroatoms. The second-order valence-corrected chi connectivity index (χ2v) is 15.3. The monoisotopic (exact) mass is 743 g/mol. The van der Waals surface area contributed by atoms with E-state index in [1.54, 1.807) is 11.3 Å². The van der Waals surface area contributed by atoms with Crippen LogP contribution in [0, 0.1) is 0 Å². The molecule has 0 saturated carbocycles. The van der Waals surface area contributed by atoms with Crippen molar-refractivity contribution >= 4 is 53.1 Å². The fourth-order valence-corrected chi connectivity index (χ4v) is 9.55. The van der Waals surface area contributed by atoms with Crippen LogP contribution < -0.4 is 0 Å². The third-order valence-electron chi connectivity index (χ3n) is 11.0. The van der Waals surface area contributed by atoms with Gasteiger partial charge in [0.25, 0.3) is 0 Å². The molecule has 0 radical (unpaired) electrons. The van der Waals surface area contributed by atoms with Gasteiger partial charge in [-0.05, 0) is 67.1 Å². The van der Waals surface area contributed by atoms with Gasteiger partial charge in [-0.1, -0.05) is 188 Å². The van der Waals surface area contributed by atoms with Crippen LogP contribution in [0.3, 0.4) is 0 Å². The normalized spacial score (nSPS) is 11.5. The summed E-state index contributed by atoms with van der Waals surface area (Å²) in [5, 5.41) is 7.22. The quantitative estimate of drug-likeness (QED) is 0.159. The van der Waals surface area contributed by atoms with Crippen molar-refractivity contribution in [3.05, 3.63) is 200 Å². The first-order chi connectivity index (χ1) is 28.3. The molecule has 2 aromatic heterocycles. The smallest absolute Gasteiger partial charge is 0.165 e. The van der Waals surface area contributed by atoms with Gasteiger partial charge >= 0.3 is 0 Å². The van der Waals surface area contributed by atoms with Gasteiger partial charge in [0.2, 0.25) is 0 Å². The molecular formula is C53H33N3S. The van der Waals surface area contributed by atoms with E-state index in [1.165, 1.54) is 64.0 Å². The maximum Gasteiger partial charge on any atom is 0.165 e. The minimum atomic E-state index is 0.640. The van der Waals surface area contributed by atoms with E-state index in [-0.39, 0.29) is 0 Å². The van der Waals surface area contributed by atoms with Crippen molar-refractivity contribution < 1.29 is 0 Å². The first-order valence-corrected chi connectivity index (χ1v) is 20.0. The van der Waals surface area contributed by atoms with E-state index in [0.29, 0.717) is 17.5 Å². The van der Waals surface area contributed by atoms with Crippen LogP contribution in [-0.2, 0) is 0 Å². The van der Waals surface area contributed by atoms with E-state index < -0.39 is 0 Å². The van der Waals surface area contributed by atoms with Crippen molar-refractivity contribution in [3.63, 3.8) is 0 Å². The van der Waals surface area contributed by atoms with E-state index in [1.807, 2.05) is 18.2 Å². The van der Waals surface area contributed by atoms with Gasteiger partial charge in [-0.2, -0.15) is 0 Å². The Morgan fingerprint density at radius 2 is 0.702 bits per heavy atom. The van der Waals surface area contributed by atoms with Gasteiger partial charge in [0.15, 0.2) is 17.5 Å². The van der Waals surface area contributed by atoms with E-state index >= 15 is 0 Å². The molecule has 0 bridgehead atoms. The van der Waals surface area contributed by atoms with Crippen LogP contribution in [-0.4, -0.2) is 15.0 Å². The van der Waals surface area contributed by atoms with Gasteiger partial charge in [0.1, 0.15) is 0 Å². The molecule has 0 atom stereocenters. The van der Waals surface area contributed by atoms with Gasteiger partial charge in [-0.3, -0.25) is 0 Å². The number of thiophene rings is 1.